The molecule has 27 heavy (non-hydrogen) atoms. The summed E-state index contributed by atoms with van der Waals surface area (Å²) in [5.74, 6) is 1.59. The lowest BCUT2D eigenvalue weighted by atomic mass is 10.1. The molecule has 0 spiro atoms. The number of aromatic nitrogens is 2. The van der Waals surface area contributed by atoms with Crippen molar-refractivity contribution in [1.29, 1.82) is 0 Å². The van der Waals surface area contributed by atoms with Gasteiger partial charge in [0, 0.05) is 61.8 Å². The first-order valence-corrected chi connectivity index (χ1v) is 9.66. The molecule has 2 aliphatic heterocycles. The van der Waals surface area contributed by atoms with Gasteiger partial charge in [-0.25, -0.2) is 4.98 Å². The number of ether oxygens (including phenoxy) is 1. The Kier molecular flexibility index (Phi) is 5.07. The van der Waals surface area contributed by atoms with Gasteiger partial charge in [-0.15, -0.1) is 0 Å². The van der Waals surface area contributed by atoms with Crippen molar-refractivity contribution in [2.75, 3.05) is 56.2 Å². The molecule has 6 nitrogen and oxygen atoms in total. The third-order valence-corrected chi connectivity index (χ3v) is 5.02. The van der Waals surface area contributed by atoms with Gasteiger partial charge in [0.2, 0.25) is 0 Å². The summed E-state index contributed by atoms with van der Waals surface area (Å²) in [6.45, 7) is 9.39. The van der Waals surface area contributed by atoms with Crippen molar-refractivity contribution in [3.05, 3.63) is 30.1 Å². The van der Waals surface area contributed by atoms with E-state index in [9.17, 15) is 0 Å². The topological polar surface area (TPSA) is 53.9 Å². The molecule has 2 aromatic heterocycles. The van der Waals surface area contributed by atoms with E-state index in [1.165, 1.54) is 5.69 Å². The zero-order valence-corrected chi connectivity index (χ0v) is 16.4. The van der Waals surface area contributed by atoms with Crippen molar-refractivity contribution in [3.63, 3.8) is 0 Å². The molecule has 0 N–H and O–H groups in total. The van der Waals surface area contributed by atoms with Gasteiger partial charge in [-0.3, -0.25) is 9.98 Å². The Balaban J connectivity index is 1.87. The van der Waals surface area contributed by atoms with Crippen LogP contribution in [0.3, 0.4) is 0 Å². The van der Waals surface area contributed by atoms with Gasteiger partial charge < -0.3 is 14.5 Å². The third-order valence-electron chi connectivity index (χ3n) is 5.02. The molecule has 1 fully saturated rings. The lowest BCUT2D eigenvalue weighted by Gasteiger charge is -2.30. The molecule has 2 aliphatic rings. The maximum atomic E-state index is 5.53. The predicted molar refractivity (Wildman–Crippen MR) is 112 cm³/mol. The molecule has 1 saturated heterocycles. The maximum Gasteiger partial charge on any atom is 0.131 e. The van der Waals surface area contributed by atoms with Gasteiger partial charge >= 0.3 is 0 Å². The van der Waals surface area contributed by atoms with Crippen LogP contribution >= 0.6 is 0 Å². The normalized spacial score (nSPS) is 17.0. The van der Waals surface area contributed by atoms with Gasteiger partial charge in [0.15, 0.2) is 0 Å². The minimum Gasteiger partial charge on any atom is -0.378 e. The number of nitrogens with zero attached hydrogens (tertiary/aromatic N) is 5. The Hall–Kier alpha value is -2.47. The molecule has 6 heteroatoms. The SMILES string of the molecule is CC(C)CN(C)c1cc(N2CCOCC2)nc2c(C3=CC=NC3)nccc12. The van der Waals surface area contributed by atoms with Crippen molar-refractivity contribution in [2.45, 2.75) is 13.8 Å². The standard InChI is InChI=1S/C21H27N5O/c1-15(2)14-25(3)18-12-19(26-8-10-27-11-9-26)24-21-17(18)5-7-23-20(21)16-4-6-22-13-16/h4-7,12,15H,8-11,13-14H2,1-3H3. The highest BCUT2D eigenvalue weighted by atomic mass is 16.5. The van der Waals surface area contributed by atoms with Crippen LogP contribution in [0.25, 0.3) is 16.5 Å². The van der Waals surface area contributed by atoms with Gasteiger partial charge in [0.05, 0.1) is 25.5 Å². The number of pyridine rings is 2. The fourth-order valence-corrected chi connectivity index (χ4v) is 3.77. The van der Waals surface area contributed by atoms with E-state index in [-0.39, 0.29) is 0 Å². The van der Waals surface area contributed by atoms with E-state index >= 15 is 0 Å². The van der Waals surface area contributed by atoms with E-state index in [4.69, 9.17) is 9.72 Å². The van der Waals surface area contributed by atoms with Gasteiger partial charge in [-0.2, -0.15) is 0 Å². The minimum absolute atomic E-state index is 0.581. The van der Waals surface area contributed by atoms with E-state index in [0.29, 0.717) is 12.5 Å². The molecule has 0 saturated carbocycles. The fraction of sp³-hybridized carbons (Fsp3) is 0.476. The molecule has 0 aliphatic carbocycles. The molecular formula is C21H27N5O. The molecule has 0 bridgehead atoms. The minimum atomic E-state index is 0.581. The number of fused-ring (bicyclic) bond motifs is 1. The Morgan fingerprint density at radius 1 is 1.26 bits per heavy atom. The van der Waals surface area contributed by atoms with E-state index in [1.54, 1.807) is 0 Å². The molecule has 0 atom stereocenters. The highest BCUT2D eigenvalue weighted by Crippen LogP contribution is 2.33. The monoisotopic (exact) mass is 365 g/mol. The van der Waals surface area contributed by atoms with E-state index in [2.05, 4.69) is 52.8 Å². The molecule has 0 radical (unpaired) electrons. The van der Waals surface area contributed by atoms with Crippen LogP contribution in [0.4, 0.5) is 11.5 Å². The Morgan fingerprint density at radius 3 is 2.78 bits per heavy atom. The van der Waals surface area contributed by atoms with Crippen LogP contribution in [0, 0.1) is 5.92 Å². The van der Waals surface area contributed by atoms with Gasteiger partial charge in [-0.05, 0) is 18.1 Å². The van der Waals surface area contributed by atoms with Crippen molar-refractivity contribution in [1.82, 2.24) is 9.97 Å². The summed E-state index contributed by atoms with van der Waals surface area (Å²) in [4.78, 5) is 18.7. The van der Waals surface area contributed by atoms with Crippen LogP contribution < -0.4 is 9.80 Å². The first-order chi connectivity index (χ1) is 13.1. The second-order valence-corrected chi connectivity index (χ2v) is 7.61. The highest BCUT2D eigenvalue weighted by Gasteiger charge is 2.20. The van der Waals surface area contributed by atoms with E-state index < -0.39 is 0 Å². The molecule has 4 heterocycles. The van der Waals surface area contributed by atoms with Crippen LogP contribution in [0.5, 0.6) is 0 Å². The summed E-state index contributed by atoms with van der Waals surface area (Å²) in [5, 5.41) is 1.15. The summed E-state index contributed by atoms with van der Waals surface area (Å²) in [6.07, 6.45) is 5.79. The van der Waals surface area contributed by atoms with Crippen LogP contribution in [-0.2, 0) is 4.74 Å². The van der Waals surface area contributed by atoms with E-state index in [0.717, 1.165) is 60.8 Å². The van der Waals surface area contributed by atoms with Crippen molar-refractivity contribution >= 4 is 34.2 Å². The van der Waals surface area contributed by atoms with Crippen LogP contribution in [-0.4, -0.2) is 62.6 Å². The Labute approximate surface area is 160 Å². The summed E-state index contributed by atoms with van der Waals surface area (Å²) in [5.41, 5.74) is 4.24. The number of allylic oxidation sites excluding steroid dienone is 1. The summed E-state index contributed by atoms with van der Waals surface area (Å²) in [6, 6.07) is 4.30. The summed E-state index contributed by atoms with van der Waals surface area (Å²) >= 11 is 0. The van der Waals surface area contributed by atoms with Crippen LogP contribution in [0.1, 0.15) is 19.5 Å². The highest BCUT2D eigenvalue weighted by molar-refractivity contribution is 6.01. The Morgan fingerprint density at radius 2 is 2.07 bits per heavy atom. The predicted octanol–water partition coefficient (Wildman–Crippen LogP) is 3.03. The quantitative estimate of drug-likeness (QED) is 0.815. The molecular weight excluding hydrogens is 338 g/mol. The van der Waals surface area contributed by atoms with Crippen molar-refractivity contribution < 1.29 is 4.74 Å². The maximum absolute atomic E-state index is 5.53. The average molecular weight is 365 g/mol. The summed E-state index contributed by atoms with van der Waals surface area (Å²) < 4.78 is 5.53. The largest absolute Gasteiger partial charge is 0.378 e. The third kappa shape index (κ3) is 3.67. The number of hydrogen-bond acceptors (Lipinski definition) is 6. The van der Waals surface area contributed by atoms with Crippen LogP contribution in [0.15, 0.2) is 29.4 Å². The smallest absolute Gasteiger partial charge is 0.131 e. The number of morpholine rings is 1. The summed E-state index contributed by atoms with van der Waals surface area (Å²) in [7, 11) is 2.16. The number of rotatable bonds is 5. The van der Waals surface area contributed by atoms with Crippen molar-refractivity contribution in [2.24, 2.45) is 10.9 Å². The molecule has 0 amide bonds. The molecule has 0 unspecified atom stereocenters. The number of hydrogen-bond donors (Lipinski definition) is 0. The molecule has 4 rings (SSSR count). The molecule has 2 aromatic rings. The zero-order chi connectivity index (χ0) is 18.8. The second-order valence-electron chi connectivity index (χ2n) is 7.61. The lowest BCUT2D eigenvalue weighted by molar-refractivity contribution is 0.122. The zero-order valence-electron chi connectivity index (χ0n) is 16.4. The first-order valence-electron chi connectivity index (χ1n) is 9.66. The van der Waals surface area contributed by atoms with E-state index in [1.807, 2.05) is 18.5 Å². The van der Waals surface area contributed by atoms with Gasteiger partial charge in [0.1, 0.15) is 11.3 Å². The van der Waals surface area contributed by atoms with Crippen molar-refractivity contribution in [3.8, 4) is 0 Å². The fourth-order valence-electron chi connectivity index (χ4n) is 3.77. The van der Waals surface area contributed by atoms with Crippen LogP contribution in [0.2, 0.25) is 0 Å². The number of anilines is 2. The second kappa shape index (κ2) is 7.64. The Bertz CT molecular complexity index is 884. The van der Waals surface area contributed by atoms with Gasteiger partial charge in [-0.1, -0.05) is 13.8 Å². The lowest BCUT2D eigenvalue weighted by Crippen LogP contribution is -2.37. The molecule has 0 aromatic carbocycles. The van der Waals surface area contributed by atoms with Gasteiger partial charge in [0.25, 0.3) is 0 Å². The first kappa shape index (κ1) is 17.9. The average Bonchev–Trinajstić information content (AvgIpc) is 3.21. The molecule has 142 valence electrons. The number of aliphatic imine (C=N–C) groups is 1.